The van der Waals surface area contributed by atoms with Crippen molar-refractivity contribution in [3.05, 3.63) is 53.3 Å². The van der Waals surface area contributed by atoms with Crippen molar-refractivity contribution in [2.24, 2.45) is 5.92 Å². The van der Waals surface area contributed by atoms with Gasteiger partial charge in [-0.3, -0.25) is 4.79 Å². The van der Waals surface area contributed by atoms with Crippen molar-refractivity contribution < 1.29 is 18.7 Å². The molecule has 0 bridgehead atoms. The van der Waals surface area contributed by atoms with Crippen molar-refractivity contribution in [1.29, 1.82) is 0 Å². The van der Waals surface area contributed by atoms with Gasteiger partial charge in [-0.2, -0.15) is 0 Å². The zero-order chi connectivity index (χ0) is 17.5. The molecule has 0 unspecified atom stereocenters. The maximum absolute atomic E-state index is 13.4. The highest BCUT2D eigenvalue weighted by molar-refractivity contribution is 6.32. The number of ether oxygens (including phenoxy) is 2. The van der Waals surface area contributed by atoms with Crippen molar-refractivity contribution in [2.45, 2.75) is 13.8 Å². The van der Waals surface area contributed by atoms with Gasteiger partial charge in [0, 0.05) is 5.69 Å². The third kappa shape index (κ3) is 5.42. The lowest BCUT2D eigenvalue weighted by Gasteiger charge is -2.12. The van der Waals surface area contributed by atoms with Gasteiger partial charge >= 0.3 is 0 Å². The van der Waals surface area contributed by atoms with E-state index in [0.717, 1.165) is 0 Å². The average molecular weight is 352 g/mol. The number of benzene rings is 2. The second-order valence-electron chi connectivity index (χ2n) is 5.62. The first-order valence-corrected chi connectivity index (χ1v) is 7.93. The van der Waals surface area contributed by atoms with Gasteiger partial charge in [-0.05, 0) is 36.2 Å². The largest absolute Gasteiger partial charge is 0.492 e. The summed E-state index contributed by atoms with van der Waals surface area (Å²) < 4.78 is 24.1. The lowest BCUT2D eigenvalue weighted by atomic mass is 10.2. The molecule has 0 aliphatic heterocycles. The van der Waals surface area contributed by atoms with Crippen LogP contribution in [0.1, 0.15) is 13.8 Å². The number of nitrogens with one attached hydrogen (secondary N) is 1. The number of hydrogen-bond donors (Lipinski definition) is 1. The van der Waals surface area contributed by atoms with E-state index in [0.29, 0.717) is 29.0 Å². The molecular weight excluding hydrogens is 333 g/mol. The van der Waals surface area contributed by atoms with Crippen LogP contribution in [-0.4, -0.2) is 19.1 Å². The molecular formula is C18H19ClFNO3. The Hall–Kier alpha value is -2.27. The minimum atomic E-state index is -0.514. The highest BCUT2D eigenvalue weighted by Crippen LogP contribution is 2.28. The van der Waals surface area contributed by atoms with Crippen LogP contribution in [0.4, 0.5) is 10.1 Å². The van der Waals surface area contributed by atoms with Crippen LogP contribution in [0.25, 0.3) is 0 Å². The Labute approximate surface area is 145 Å². The van der Waals surface area contributed by atoms with Gasteiger partial charge in [0.2, 0.25) is 0 Å². The Morgan fingerprint density at radius 2 is 1.92 bits per heavy atom. The molecule has 1 amide bonds. The van der Waals surface area contributed by atoms with Crippen molar-refractivity contribution in [3.8, 4) is 11.5 Å². The molecule has 128 valence electrons. The Bertz CT molecular complexity index is 706. The van der Waals surface area contributed by atoms with E-state index in [1.54, 1.807) is 30.3 Å². The minimum absolute atomic E-state index is 0.0307. The number of halogens is 2. The molecule has 2 rings (SSSR count). The number of rotatable bonds is 7. The first kappa shape index (κ1) is 18.1. The Morgan fingerprint density at radius 1 is 1.17 bits per heavy atom. The molecule has 0 fully saturated rings. The predicted molar refractivity (Wildman–Crippen MR) is 92.3 cm³/mol. The van der Waals surface area contributed by atoms with Crippen LogP contribution in [-0.2, 0) is 4.79 Å². The van der Waals surface area contributed by atoms with Gasteiger partial charge < -0.3 is 14.8 Å². The molecule has 6 heteroatoms. The molecule has 1 N–H and O–H groups in total. The summed E-state index contributed by atoms with van der Waals surface area (Å²) in [6.07, 6.45) is 0. The summed E-state index contributed by atoms with van der Waals surface area (Å²) in [5, 5.41) is 3.04. The zero-order valence-electron chi connectivity index (χ0n) is 13.5. The molecule has 4 nitrogen and oxygen atoms in total. The fourth-order valence-electron chi connectivity index (χ4n) is 1.85. The van der Waals surface area contributed by atoms with Gasteiger partial charge in [-0.1, -0.05) is 37.6 Å². The van der Waals surface area contributed by atoms with E-state index in [4.69, 9.17) is 21.1 Å². The van der Waals surface area contributed by atoms with Crippen molar-refractivity contribution in [2.75, 3.05) is 18.5 Å². The van der Waals surface area contributed by atoms with E-state index in [9.17, 15) is 9.18 Å². The van der Waals surface area contributed by atoms with E-state index in [1.165, 1.54) is 12.1 Å². The molecule has 0 spiro atoms. The monoisotopic (exact) mass is 351 g/mol. The highest BCUT2D eigenvalue weighted by atomic mass is 35.5. The maximum Gasteiger partial charge on any atom is 0.262 e. The lowest BCUT2D eigenvalue weighted by molar-refractivity contribution is -0.118. The topological polar surface area (TPSA) is 47.6 Å². The number of amides is 1. The van der Waals surface area contributed by atoms with Crippen LogP contribution >= 0.6 is 11.6 Å². The Kier molecular flexibility index (Phi) is 6.44. The van der Waals surface area contributed by atoms with Gasteiger partial charge in [0.15, 0.2) is 18.2 Å². The number of hydrogen-bond acceptors (Lipinski definition) is 3. The standard InChI is InChI=1S/C18H19ClFNO3/c1-12(2)10-23-16-8-7-13(9-14(16)19)21-18(22)11-24-17-6-4-3-5-15(17)20/h3-9,12H,10-11H2,1-2H3,(H,21,22). The first-order chi connectivity index (χ1) is 11.5. The minimum Gasteiger partial charge on any atom is -0.492 e. The third-order valence-electron chi connectivity index (χ3n) is 2.98. The molecule has 0 radical (unpaired) electrons. The molecule has 0 aliphatic rings. The lowest BCUT2D eigenvalue weighted by Crippen LogP contribution is -2.20. The molecule has 2 aromatic rings. The van der Waals surface area contributed by atoms with E-state index in [2.05, 4.69) is 5.32 Å². The predicted octanol–water partition coefficient (Wildman–Crippen LogP) is 4.53. The van der Waals surface area contributed by atoms with Crippen LogP contribution < -0.4 is 14.8 Å². The SMILES string of the molecule is CC(C)COc1ccc(NC(=O)COc2ccccc2F)cc1Cl. The second-order valence-corrected chi connectivity index (χ2v) is 6.02. The van der Waals surface area contributed by atoms with E-state index >= 15 is 0 Å². The number of carbonyl (C=O) groups is 1. The van der Waals surface area contributed by atoms with Crippen LogP contribution in [0.15, 0.2) is 42.5 Å². The summed E-state index contributed by atoms with van der Waals surface area (Å²) in [5.41, 5.74) is 0.513. The van der Waals surface area contributed by atoms with E-state index in [1.807, 2.05) is 13.8 Å². The Morgan fingerprint density at radius 3 is 2.58 bits per heavy atom. The summed E-state index contributed by atoms with van der Waals surface area (Å²) in [7, 11) is 0. The van der Waals surface area contributed by atoms with E-state index in [-0.39, 0.29) is 12.4 Å². The van der Waals surface area contributed by atoms with Crippen molar-refractivity contribution in [1.82, 2.24) is 0 Å². The van der Waals surface area contributed by atoms with Gasteiger partial charge in [-0.25, -0.2) is 4.39 Å². The molecule has 0 saturated heterocycles. The average Bonchev–Trinajstić information content (AvgIpc) is 2.53. The van der Waals surface area contributed by atoms with Crippen LogP contribution in [0.2, 0.25) is 5.02 Å². The summed E-state index contributed by atoms with van der Waals surface area (Å²) in [6, 6.07) is 10.9. The van der Waals surface area contributed by atoms with Gasteiger partial charge in [0.1, 0.15) is 5.75 Å². The number of carbonyl (C=O) groups excluding carboxylic acids is 1. The fraction of sp³-hybridized carbons (Fsp3) is 0.278. The maximum atomic E-state index is 13.4. The van der Waals surface area contributed by atoms with Crippen LogP contribution in [0.5, 0.6) is 11.5 Å². The van der Waals surface area contributed by atoms with Gasteiger partial charge in [0.05, 0.1) is 11.6 Å². The number of anilines is 1. The second kappa shape index (κ2) is 8.55. The third-order valence-corrected chi connectivity index (χ3v) is 3.28. The summed E-state index contributed by atoms with van der Waals surface area (Å²) >= 11 is 6.13. The Balaban J connectivity index is 1.89. The van der Waals surface area contributed by atoms with Gasteiger partial charge in [0.25, 0.3) is 5.91 Å². The molecule has 24 heavy (non-hydrogen) atoms. The van der Waals surface area contributed by atoms with Crippen molar-refractivity contribution >= 4 is 23.2 Å². The van der Waals surface area contributed by atoms with E-state index < -0.39 is 11.7 Å². The van der Waals surface area contributed by atoms with Gasteiger partial charge in [-0.15, -0.1) is 0 Å². The smallest absolute Gasteiger partial charge is 0.262 e. The molecule has 0 aromatic heterocycles. The molecule has 0 atom stereocenters. The fourth-order valence-corrected chi connectivity index (χ4v) is 2.09. The summed E-state index contributed by atoms with van der Waals surface area (Å²) in [6.45, 7) is 4.34. The van der Waals surface area contributed by atoms with Crippen LogP contribution in [0, 0.1) is 11.7 Å². The summed E-state index contributed by atoms with van der Waals surface area (Å²) in [4.78, 5) is 11.9. The van der Waals surface area contributed by atoms with Crippen molar-refractivity contribution in [3.63, 3.8) is 0 Å². The zero-order valence-corrected chi connectivity index (χ0v) is 14.3. The molecule has 0 saturated carbocycles. The molecule has 0 heterocycles. The first-order valence-electron chi connectivity index (χ1n) is 7.55. The summed E-state index contributed by atoms with van der Waals surface area (Å²) in [5.74, 6) is 0.0511. The molecule has 0 aliphatic carbocycles. The molecule has 2 aromatic carbocycles. The van der Waals surface area contributed by atoms with Crippen LogP contribution in [0.3, 0.4) is 0 Å². The number of para-hydroxylation sites is 1. The quantitative estimate of drug-likeness (QED) is 0.797. The normalized spacial score (nSPS) is 10.5. The highest BCUT2D eigenvalue weighted by Gasteiger charge is 2.09.